The minimum atomic E-state index is 0.434. The lowest BCUT2D eigenvalue weighted by atomic mass is 10.2. The highest BCUT2D eigenvalue weighted by Crippen LogP contribution is 2.23. The molecule has 0 radical (unpaired) electrons. The van der Waals surface area contributed by atoms with Crippen molar-refractivity contribution in [3.8, 4) is 11.8 Å². The van der Waals surface area contributed by atoms with Crippen molar-refractivity contribution < 1.29 is 0 Å². The molecule has 0 spiro atoms. The van der Waals surface area contributed by atoms with E-state index >= 15 is 0 Å². The predicted molar refractivity (Wildman–Crippen MR) is 77.7 cm³/mol. The van der Waals surface area contributed by atoms with Crippen molar-refractivity contribution in [2.24, 2.45) is 0 Å². The average molecular weight is 294 g/mol. The lowest BCUT2D eigenvalue weighted by molar-refractivity contribution is 0.756. The highest BCUT2D eigenvalue weighted by atomic mass is 32.2. The van der Waals surface area contributed by atoms with E-state index in [9.17, 15) is 0 Å². The monoisotopic (exact) mass is 294 g/mol. The molecule has 7 heteroatoms. The van der Waals surface area contributed by atoms with Crippen molar-refractivity contribution in [1.82, 2.24) is 25.2 Å². The third kappa shape index (κ3) is 2.90. The van der Waals surface area contributed by atoms with E-state index in [2.05, 4.69) is 26.6 Å². The molecule has 0 saturated heterocycles. The molecule has 0 atom stereocenters. The topological polar surface area (TPSA) is 80.3 Å². The summed E-state index contributed by atoms with van der Waals surface area (Å²) in [5.41, 5.74) is 2.20. The summed E-state index contributed by atoms with van der Waals surface area (Å²) < 4.78 is 1.67. The lowest BCUT2D eigenvalue weighted by Gasteiger charge is -2.04. The van der Waals surface area contributed by atoms with Crippen LogP contribution in [0.2, 0.25) is 0 Å². The molecule has 21 heavy (non-hydrogen) atoms. The van der Waals surface area contributed by atoms with E-state index in [1.54, 1.807) is 10.9 Å². The van der Waals surface area contributed by atoms with E-state index in [-0.39, 0.29) is 0 Å². The van der Waals surface area contributed by atoms with E-state index < -0.39 is 0 Å². The first-order valence-corrected chi connectivity index (χ1v) is 7.17. The van der Waals surface area contributed by atoms with Gasteiger partial charge >= 0.3 is 0 Å². The summed E-state index contributed by atoms with van der Waals surface area (Å²) >= 11 is 1.47. The molecule has 0 fully saturated rings. The summed E-state index contributed by atoms with van der Waals surface area (Å²) in [5.74, 6) is 0.587. The highest BCUT2D eigenvalue weighted by Gasteiger charge is 2.10. The third-order valence-electron chi connectivity index (χ3n) is 2.80. The second-order valence-electron chi connectivity index (χ2n) is 4.12. The van der Waals surface area contributed by atoms with Crippen molar-refractivity contribution in [2.75, 3.05) is 0 Å². The predicted octanol–water partition coefficient (Wildman–Crippen LogP) is 2.22. The highest BCUT2D eigenvalue weighted by molar-refractivity contribution is 7.98. The molecule has 2 aromatic heterocycles. The number of tetrazole rings is 1. The van der Waals surface area contributed by atoms with Crippen LogP contribution in [0.4, 0.5) is 0 Å². The first-order chi connectivity index (χ1) is 10.4. The molecular formula is C14H10N6S. The van der Waals surface area contributed by atoms with Crippen LogP contribution in [-0.2, 0) is 5.75 Å². The first-order valence-electron chi connectivity index (χ1n) is 6.19. The quantitative estimate of drug-likeness (QED) is 0.686. The van der Waals surface area contributed by atoms with Crippen LogP contribution in [0.25, 0.3) is 5.69 Å². The molecule has 0 aliphatic rings. The maximum atomic E-state index is 9.04. The van der Waals surface area contributed by atoms with E-state index in [0.717, 1.165) is 11.3 Å². The fraction of sp³-hybridized carbons (Fsp3) is 0.0714. The zero-order valence-electron chi connectivity index (χ0n) is 10.9. The number of aromatic nitrogens is 5. The molecule has 3 rings (SSSR count). The van der Waals surface area contributed by atoms with Crippen LogP contribution in [0.3, 0.4) is 0 Å². The Morgan fingerprint density at radius 1 is 1.14 bits per heavy atom. The Morgan fingerprint density at radius 3 is 2.81 bits per heavy atom. The number of para-hydroxylation sites is 1. The van der Waals surface area contributed by atoms with Gasteiger partial charge in [0.15, 0.2) is 0 Å². The molecule has 0 aliphatic carbocycles. The van der Waals surface area contributed by atoms with Gasteiger partial charge in [-0.25, -0.2) is 4.98 Å². The van der Waals surface area contributed by atoms with Crippen LogP contribution in [-0.4, -0.2) is 25.2 Å². The Bertz CT molecular complexity index is 777. The molecule has 0 unspecified atom stereocenters. The van der Waals surface area contributed by atoms with E-state index in [0.29, 0.717) is 16.6 Å². The van der Waals surface area contributed by atoms with Crippen molar-refractivity contribution in [2.45, 2.75) is 10.9 Å². The molecule has 0 N–H and O–H groups in total. The van der Waals surface area contributed by atoms with Gasteiger partial charge in [-0.1, -0.05) is 36.0 Å². The van der Waals surface area contributed by atoms with Crippen LogP contribution >= 0.6 is 11.8 Å². The number of hydrogen-bond acceptors (Lipinski definition) is 6. The normalized spacial score (nSPS) is 10.2. The summed E-state index contributed by atoms with van der Waals surface area (Å²) in [4.78, 5) is 4.04. The number of hydrogen-bond donors (Lipinski definition) is 0. The molecular weight excluding hydrogens is 284 g/mol. The van der Waals surface area contributed by atoms with Gasteiger partial charge in [-0.15, -0.1) is 5.10 Å². The molecule has 102 valence electrons. The second kappa shape index (κ2) is 6.15. The zero-order chi connectivity index (χ0) is 14.5. The van der Waals surface area contributed by atoms with Gasteiger partial charge in [0.2, 0.25) is 5.16 Å². The van der Waals surface area contributed by atoms with Gasteiger partial charge in [0.05, 0.1) is 5.69 Å². The second-order valence-corrected chi connectivity index (χ2v) is 5.06. The van der Waals surface area contributed by atoms with Crippen LogP contribution in [0.15, 0.2) is 53.8 Å². The number of nitrogens with zero attached hydrogens (tertiary/aromatic N) is 6. The molecule has 1 aromatic carbocycles. The molecule has 0 bridgehead atoms. The molecule has 6 nitrogen and oxygen atoms in total. The van der Waals surface area contributed by atoms with Crippen molar-refractivity contribution >= 4 is 11.8 Å². The van der Waals surface area contributed by atoms with Crippen LogP contribution in [0, 0.1) is 11.3 Å². The van der Waals surface area contributed by atoms with Crippen LogP contribution in [0.1, 0.15) is 11.3 Å². The summed E-state index contributed by atoms with van der Waals surface area (Å²) in [6.45, 7) is 0. The smallest absolute Gasteiger partial charge is 0.214 e. The Balaban J connectivity index is 1.81. The van der Waals surface area contributed by atoms with Gasteiger partial charge in [-0.2, -0.15) is 9.94 Å². The SMILES string of the molecule is N#Cc1ncccc1CSc1nnnn1-c1ccccc1. The van der Waals surface area contributed by atoms with Gasteiger partial charge < -0.3 is 0 Å². The average Bonchev–Trinajstić information content (AvgIpc) is 3.02. The Kier molecular flexibility index (Phi) is 3.89. The fourth-order valence-corrected chi connectivity index (χ4v) is 2.67. The zero-order valence-corrected chi connectivity index (χ0v) is 11.7. The molecule has 0 saturated carbocycles. The number of thioether (sulfide) groups is 1. The maximum absolute atomic E-state index is 9.04. The molecule has 3 aromatic rings. The number of pyridine rings is 1. The van der Waals surface area contributed by atoms with Crippen molar-refractivity contribution in [3.63, 3.8) is 0 Å². The van der Waals surface area contributed by atoms with Gasteiger partial charge in [-0.3, -0.25) is 0 Å². The van der Waals surface area contributed by atoms with E-state index in [1.807, 2.05) is 42.5 Å². The first kappa shape index (κ1) is 13.3. The largest absolute Gasteiger partial charge is 0.245 e. The number of nitriles is 1. The van der Waals surface area contributed by atoms with Gasteiger partial charge in [0, 0.05) is 11.9 Å². The Labute approximate surface area is 125 Å². The molecule has 2 heterocycles. The molecule has 0 aliphatic heterocycles. The summed E-state index contributed by atoms with van der Waals surface area (Å²) in [7, 11) is 0. The minimum Gasteiger partial charge on any atom is -0.245 e. The summed E-state index contributed by atoms with van der Waals surface area (Å²) in [6.07, 6.45) is 1.61. The molecule has 0 amide bonds. The number of rotatable bonds is 4. The van der Waals surface area contributed by atoms with Crippen LogP contribution < -0.4 is 0 Å². The number of benzene rings is 1. The van der Waals surface area contributed by atoms with E-state index in [4.69, 9.17) is 5.26 Å². The maximum Gasteiger partial charge on any atom is 0.214 e. The van der Waals surface area contributed by atoms with Crippen LogP contribution in [0.5, 0.6) is 0 Å². The fourth-order valence-electron chi connectivity index (χ4n) is 1.80. The third-order valence-corrected chi connectivity index (χ3v) is 3.76. The Hall–Kier alpha value is -2.72. The summed E-state index contributed by atoms with van der Waals surface area (Å²) in [5, 5.41) is 21.5. The Morgan fingerprint density at radius 2 is 2.00 bits per heavy atom. The van der Waals surface area contributed by atoms with Crippen molar-refractivity contribution in [3.05, 3.63) is 59.9 Å². The van der Waals surface area contributed by atoms with Crippen molar-refractivity contribution in [1.29, 1.82) is 5.26 Å². The summed E-state index contributed by atoms with van der Waals surface area (Å²) in [6, 6.07) is 15.5. The lowest BCUT2D eigenvalue weighted by Crippen LogP contribution is -1.99. The van der Waals surface area contributed by atoms with E-state index in [1.165, 1.54) is 11.8 Å². The standard InChI is InChI=1S/C14H10N6S/c15-9-13-11(5-4-8-16-13)10-21-14-17-18-19-20(14)12-6-2-1-3-7-12/h1-8H,10H2. The minimum absolute atomic E-state index is 0.434. The van der Waals surface area contributed by atoms with Gasteiger partial charge in [0.25, 0.3) is 0 Å². The van der Waals surface area contributed by atoms with Gasteiger partial charge in [0.1, 0.15) is 11.8 Å². The van der Waals surface area contributed by atoms with Gasteiger partial charge in [-0.05, 0) is 34.2 Å².